The van der Waals surface area contributed by atoms with Gasteiger partial charge >= 0.3 is 5.97 Å². The Bertz CT molecular complexity index is 380. The number of carboxylic acids is 1. The quantitative estimate of drug-likeness (QED) is 0.422. The predicted molar refractivity (Wildman–Crippen MR) is 58.4 cm³/mol. The molecule has 1 saturated carbocycles. The molecule has 1 aliphatic rings. The van der Waals surface area contributed by atoms with Crippen molar-refractivity contribution in [1.29, 1.82) is 0 Å². The van der Waals surface area contributed by atoms with Crippen LogP contribution in [-0.4, -0.2) is 28.4 Å². The van der Waals surface area contributed by atoms with Crippen LogP contribution in [0.15, 0.2) is 12.2 Å². The Kier molecular flexibility index (Phi) is 4.75. The summed E-state index contributed by atoms with van der Waals surface area (Å²) in [6, 6.07) is 0. The van der Waals surface area contributed by atoms with Crippen LogP contribution >= 0.6 is 0 Å². The van der Waals surface area contributed by atoms with Gasteiger partial charge in [-0.1, -0.05) is 12.2 Å². The highest BCUT2D eigenvalue weighted by molar-refractivity contribution is 6.49. The number of allylic oxidation sites excluding steroid dienone is 2. The van der Waals surface area contributed by atoms with Crippen molar-refractivity contribution in [2.75, 3.05) is 0 Å². The van der Waals surface area contributed by atoms with Crippen LogP contribution in [0.2, 0.25) is 0 Å². The summed E-state index contributed by atoms with van der Waals surface area (Å²) < 4.78 is 0. The molecule has 0 saturated heterocycles. The van der Waals surface area contributed by atoms with Crippen molar-refractivity contribution in [3.63, 3.8) is 0 Å². The molecule has 0 aliphatic heterocycles. The summed E-state index contributed by atoms with van der Waals surface area (Å²) in [4.78, 5) is 43.7. The monoisotopic (exact) mass is 238 g/mol. The molecule has 0 amide bonds. The van der Waals surface area contributed by atoms with Gasteiger partial charge in [-0.25, -0.2) is 0 Å². The van der Waals surface area contributed by atoms with Crippen molar-refractivity contribution in [3.8, 4) is 0 Å². The predicted octanol–water partition coefficient (Wildman–Crippen LogP) is 0.915. The number of carbonyl (C=O) groups excluding carboxylic acids is 3. The van der Waals surface area contributed by atoms with Gasteiger partial charge in [0.25, 0.3) is 0 Å². The Balaban J connectivity index is 2.27. The van der Waals surface area contributed by atoms with Gasteiger partial charge in [-0.3, -0.25) is 19.2 Å². The molecule has 0 aromatic carbocycles. The lowest BCUT2D eigenvalue weighted by Crippen LogP contribution is -2.16. The van der Waals surface area contributed by atoms with Gasteiger partial charge in [0.2, 0.25) is 11.6 Å². The summed E-state index contributed by atoms with van der Waals surface area (Å²) in [5.41, 5.74) is 0. The minimum absolute atomic E-state index is 0.0657. The number of hydrogen-bond acceptors (Lipinski definition) is 4. The summed E-state index contributed by atoms with van der Waals surface area (Å²) >= 11 is 0. The molecule has 5 heteroatoms. The van der Waals surface area contributed by atoms with Crippen LogP contribution in [0.5, 0.6) is 0 Å². The fraction of sp³-hybridized carbons (Fsp3) is 0.500. The van der Waals surface area contributed by atoms with Crippen LogP contribution in [0.3, 0.4) is 0 Å². The third-order valence-corrected chi connectivity index (χ3v) is 2.63. The van der Waals surface area contributed by atoms with E-state index in [0.717, 1.165) is 0 Å². The van der Waals surface area contributed by atoms with Crippen molar-refractivity contribution < 1.29 is 24.3 Å². The first-order valence-electron chi connectivity index (χ1n) is 5.49. The number of Topliss-reactive ketones (excluding diaryl/α,β-unsaturated/α-hetero) is 3. The lowest BCUT2D eigenvalue weighted by atomic mass is 9.99. The molecule has 1 atom stereocenters. The van der Waals surface area contributed by atoms with Gasteiger partial charge in [0.15, 0.2) is 5.78 Å². The van der Waals surface area contributed by atoms with Crippen LogP contribution in [0.4, 0.5) is 0 Å². The van der Waals surface area contributed by atoms with Gasteiger partial charge < -0.3 is 5.11 Å². The molecule has 0 radical (unpaired) electrons. The Hall–Kier alpha value is -1.78. The van der Waals surface area contributed by atoms with Gasteiger partial charge in [0, 0.05) is 6.42 Å². The maximum absolute atomic E-state index is 11.3. The van der Waals surface area contributed by atoms with Gasteiger partial charge in [-0.05, 0) is 19.3 Å². The van der Waals surface area contributed by atoms with E-state index in [1.54, 1.807) is 12.2 Å². The molecule has 1 N–H and O–H groups in total. The summed E-state index contributed by atoms with van der Waals surface area (Å²) in [5, 5.41) is 8.38. The fourth-order valence-electron chi connectivity index (χ4n) is 1.71. The first kappa shape index (κ1) is 13.3. The Labute approximate surface area is 98.5 Å². The van der Waals surface area contributed by atoms with E-state index in [1.807, 2.05) is 0 Å². The number of carboxylic acid groups (broad SMARTS) is 1. The Morgan fingerprint density at radius 2 is 1.88 bits per heavy atom. The molecule has 92 valence electrons. The second-order valence-corrected chi connectivity index (χ2v) is 3.96. The van der Waals surface area contributed by atoms with Crippen molar-refractivity contribution in [3.05, 3.63) is 12.2 Å². The first-order valence-corrected chi connectivity index (χ1v) is 5.49. The highest BCUT2D eigenvalue weighted by Crippen LogP contribution is 2.20. The van der Waals surface area contributed by atoms with Crippen LogP contribution in [-0.2, 0) is 19.2 Å². The van der Waals surface area contributed by atoms with E-state index < -0.39 is 23.5 Å². The minimum atomic E-state index is -0.860. The molecule has 0 spiro atoms. The molecule has 0 heterocycles. The lowest BCUT2D eigenvalue weighted by Gasteiger charge is -2.01. The van der Waals surface area contributed by atoms with Crippen LogP contribution in [0, 0.1) is 5.92 Å². The SMILES string of the molecule is O=C(O)CC/C=C\CCC1C(=O)CC(=O)C1=O. The summed E-state index contributed by atoms with van der Waals surface area (Å²) in [5.74, 6) is -3.09. The van der Waals surface area contributed by atoms with Gasteiger partial charge in [0.1, 0.15) is 0 Å². The van der Waals surface area contributed by atoms with Crippen LogP contribution in [0.25, 0.3) is 0 Å². The zero-order valence-electron chi connectivity index (χ0n) is 9.35. The number of carbonyl (C=O) groups is 4. The maximum Gasteiger partial charge on any atom is 0.303 e. The van der Waals surface area contributed by atoms with Crippen molar-refractivity contribution in [2.24, 2.45) is 5.92 Å². The number of hydrogen-bond donors (Lipinski definition) is 1. The summed E-state index contributed by atoms with van der Waals surface area (Å²) in [6.45, 7) is 0. The molecule has 1 aliphatic carbocycles. The third kappa shape index (κ3) is 3.94. The summed E-state index contributed by atoms with van der Waals surface area (Å²) in [6.07, 6.45) is 4.54. The normalized spacial score (nSPS) is 20.5. The molecule has 0 aromatic rings. The topological polar surface area (TPSA) is 88.5 Å². The molecule has 0 bridgehead atoms. The highest BCUT2D eigenvalue weighted by atomic mass is 16.4. The van der Waals surface area contributed by atoms with E-state index in [1.165, 1.54) is 0 Å². The molecule has 17 heavy (non-hydrogen) atoms. The third-order valence-electron chi connectivity index (χ3n) is 2.63. The minimum Gasteiger partial charge on any atom is -0.481 e. The van der Waals surface area contributed by atoms with Gasteiger partial charge in [-0.2, -0.15) is 0 Å². The maximum atomic E-state index is 11.3. The average Bonchev–Trinajstić information content (AvgIpc) is 2.48. The molecule has 1 rings (SSSR count). The second-order valence-electron chi connectivity index (χ2n) is 3.96. The fourth-order valence-corrected chi connectivity index (χ4v) is 1.71. The molecule has 1 unspecified atom stereocenters. The zero-order valence-corrected chi connectivity index (χ0v) is 9.35. The number of rotatable bonds is 6. The average molecular weight is 238 g/mol. The van der Waals surface area contributed by atoms with Crippen LogP contribution in [0.1, 0.15) is 32.1 Å². The van der Waals surface area contributed by atoms with E-state index in [4.69, 9.17) is 5.11 Å². The number of ketones is 3. The summed E-state index contributed by atoms with van der Waals surface area (Å²) in [7, 11) is 0. The largest absolute Gasteiger partial charge is 0.481 e. The van der Waals surface area contributed by atoms with E-state index in [0.29, 0.717) is 19.3 Å². The van der Waals surface area contributed by atoms with Gasteiger partial charge in [-0.15, -0.1) is 0 Å². The molecular formula is C12H14O5. The zero-order chi connectivity index (χ0) is 12.8. The Morgan fingerprint density at radius 1 is 1.24 bits per heavy atom. The molecular weight excluding hydrogens is 224 g/mol. The second kappa shape index (κ2) is 6.08. The molecule has 1 fully saturated rings. The Morgan fingerprint density at radius 3 is 2.41 bits per heavy atom. The van der Waals surface area contributed by atoms with E-state index >= 15 is 0 Å². The molecule has 0 aromatic heterocycles. The van der Waals surface area contributed by atoms with Crippen molar-refractivity contribution >= 4 is 23.3 Å². The lowest BCUT2D eigenvalue weighted by molar-refractivity contribution is -0.137. The van der Waals surface area contributed by atoms with Gasteiger partial charge in [0.05, 0.1) is 12.3 Å². The smallest absolute Gasteiger partial charge is 0.303 e. The van der Waals surface area contributed by atoms with E-state index in [9.17, 15) is 19.2 Å². The van der Waals surface area contributed by atoms with E-state index in [2.05, 4.69) is 0 Å². The highest BCUT2D eigenvalue weighted by Gasteiger charge is 2.38. The van der Waals surface area contributed by atoms with Crippen molar-refractivity contribution in [1.82, 2.24) is 0 Å². The molecule has 5 nitrogen and oxygen atoms in total. The standard InChI is InChI=1S/C12H14O5/c13-9-7-10(14)12(17)8(9)5-3-1-2-4-6-11(15)16/h1-2,8H,3-7H2,(H,15,16)/b2-1-. The first-order chi connectivity index (χ1) is 8.02. The van der Waals surface area contributed by atoms with Crippen LogP contribution < -0.4 is 0 Å². The van der Waals surface area contributed by atoms with E-state index in [-0.39, 0.29) is 18.6 Å². The van der Waals surface area contributed by atoms with Crippen molar-refractivity contribution in [2.45, 2.75) is 32.1 Å². The number of aliphatic carboxylic acids is 1.